The number of nitrogens with zero attached hydrogens (tertiary/aromatic N) is 4. The minimum absolute atomic E-state index is 0.321. The number of aryl methyl sites for hydroxylation is 1. The predicted molar refractivity (Wildman–Crippen MR) is 95.7 cm³/mol. The van der Waals surface area contributed by atoms with E-state index in [1.54, 1.807) is 30.5 Å². The SMILES string of the molecule is Cc1ccc(S(=O)(=O)N2CCCN(c3ncccc3C#N)CC2)cc1. The Morgan fingerprint density at radius 2 is 1.84 bits per heavy atom. The summed E-state index contributed by atoms with van der Waals surface area (Å²) in [6, 6.07) is 12.5. The molecule has 25 heavy (non-hydrogen) atoms. The van der Waals surface area contributed by atoms with E-state index in [0.29, 0.717) is 48.9 Å². The second-order valence-corrected chi connectivity index (χ2v) is 7.98. The second kappa shape index (κ2) is 7.21. The molecule has 3 rings (SSSR count). The van der Waals surface area contributed by atoms with Crippen molar-refractivity contribution < 1.29 is 8.42 Å². The minimum Gasteiger partial charge on any atom is -0.354 e. The number of hydrogen-bond acceptors (Lipinski definition) is 5. The molecule has 2 aromatic rings. The number of rotatable bonds is 3. The molecule has 0 atom stereocenters. The van der Waals surface area contributed by atoms with Crippen molar-refractivity contribution in [1.29, 1.82) is 5.26 Å². The van der Waals surface area contributed by atoms with Crippen molar-refractivity contribution in [2.45, 2.75) is 18.2 Å². The molecule has 7 heteroatoms. The van der Waals surface area contributed by atoms with Gasteiger partial charge < -0.3 is 4.90 Å². The van der Waals surface area contributed by atoms with Crippen molar-refractivity contribution in [1.82, 2.24) is 9.29 Å². The van der Waals surface area contributed by atoms with Gasteiger partial charge in [-0.05, 0) is 37.6 Å². The van der Waals surface area contributed by atoms with E-state index >= 15 is 0 Å². The first-order valence-corrected chi connectivity index (χ1v) is 9.63. The Morgan fingerprint density at radius 1 is 1.08 bits per heavy atom. The molecule has 0 aliphatic carbocycles. The van der Waals surface area contributed by atoms with Crippen LogP contribution in [0.1, 0.15) is 17.5 Å². The first-order valence-electron chi connectivity index (χ1n) is 8.19. The largest absolute Gasteiger partial charge is 0.354 e. The predicted octanol–water partition coefficient (Wildman–Crippen LogP) is 2.16. The van der Waals surface area contributed by atoms with Gasteiger partial charge in [-0.3, -0.25) is 0 Å². The van der Waals surface area contributed by atoms with Gasteiger partial charge in [-0.25, -0.2) is 13.4 Å². The highest BCUT2D eigenvalue weighted by Crippen LogP contribution is 2.22. The molecule has 1 fully saturated rings. The molecule has 130 valence electrons. The Balaban J connectivity index is 1.80. The number of aromatic nitrogens is 1. The van der Waals surface area contributed by atoms with Crippen LogP contribution in [0.2, 0.25) is 0 Å². The number of hydrogen-bond donors (Lipinski definition) is 0. The molecule has 1 aliphatic heterocycles. The second-order valence-electron chi connectivity index (χ2n) is 6.04. The Morgan fingerprint density at radius 3 is 2.56 bits per heavy atom. The van der Waals surface area contributed by atoms with Crippen molar-refractivity contribution in [2.75, 3.05) is 31.1 Å². The van der Waals surface area contributed by atoms with Crippen molar-refractivity contribution in [3.05, 3.63) is 53.7 Å². The molecule has 1 aromatic carbocycles. The maximum atomic E-state index is 12.9. The zero-order valence-corrected chi connectivity index (χ0v) is 14.9. The molecule has 1 aliphatic rings. The summed E-state index contributed by atoms with van der Waals surface area (Å²) in [6.07, 6.45) is 2.34. The molecular weight excluding hydrogens is 336 g/mol. The van der Waals surface area contributed by atoms with E-state index in [2.05, 4.69) is 11.1 Å². The van der Waals surface area contributed by atoms with E-state index in [0.717, 1.165) is 5.56 Å². The summed E-state index contributed by atoms with van der Waals surface area (Å²) in [4.78, 5) is 6.62. The molecular formula is C18H20N4O2S. The fourth-order valence-electron chi connectivity index (χ4n) is 2.94. The summed E-state index contributed by atoms with van der Waals surface area (Å²) in [6.45, 7) is 3.95. The van der Waals surface area contributed by atoms with Crippen LogP contribution in [0.5, 0.6) is 0 Å². The number of anilines is 1. The third kappa shape index (κ3) is 3.65. The molecule has 2 heterocycles. The monoisotopic (exact) mass is 356 g/mol. The lowest BCUT2D eigenvalue weighted by atomic mass is 10.2. The standard InChI is InChI=1S/C18H20N4O2S/c1-15-5-7-17(8-6-15)25(23,24)22-11-3-10-21(12-13-22)18-16(14-19)4-2-9-20-18/h2,4-9H,3,10-13H2,1H3. The van der Waals surface area contributed by atoms with Crippen molar-refractivity contribution >= 4 is 15.8 Å². The van der Waals surface area contributed by atoms with E-state index < -0.39 is 10.0 Å². The van der Waals surface area contributed by atoms with Crippen LogP contribution >= 0.6 is 0 Å². The highest BCUT2D eigenvalue weighted by atomic mass is 32.2. The lowest BCUT2D eigenvalue weighted by molar-refractivity contribution is 0.433. The van der Waals surface area contributed by atoms with Gasteiger partial charge in [-0.15, -0.1) is 0 Å². The van der Waals surface area contributed by atoms with Crippen LogP contribution in [-0.2, 0) is 10.0 Å². The zero-order valence-electron chi connectivity index (χ0n) is 14.1. The van der Waals surface area contributed by atoms with Gasteiger partial charge in [0, 0.05) is 32.4 Å². The van der Waals surface area contributed by atoms with Gasteiger partial charge in [0.1, 0.15) is 11.9 Å². The molecule has 0 spiro atoms. The Hall–Kier alpha value is -2.43. The minimum atomic E-state index is -3.50. The summed E-state index contributed by atoms with van der Waals surface area (Å²) in [5.74, 6) is 0.625. The normalized spacial score (nSPS) is 16.2. The molecule has 0 bridgehead atoms. The summed E-state index contributed by atoms with van der Waals surface area (Å²) >= 11 is 0. The third-order valence-electron chi connectivity index (χ3n) is 4.32. The zero-order chi connectivity index (χ0) is 17.9. The molecule has 0 radical (unpaired) electrons. The van der Waals surface area contributed by atoms with E-state index in [-0.39, 0.29) is 0 Å². The number of nitriles is 1. The summed E-state index contributed by atoms with van der Waals surface area (Å²) < 4.78 is 27.2. The summed E-state index contributed by atoms with van der Waals surface area (Å²) in [5, 5.41) is 9.25. The number of pyridine rings is 1. The first-order chi connectivity index (χ1) is 12.0. The van der Waals surface area contributed by atoms with Crippen molar-refractivity contribution in [3.8, 4) is 6.07 Å². The first kappa shape index (κ1) is 17.4. The summed E-state index contributed by atoms with van der Waals surface area (Å²) in [7, 11) is -3.50. The lowest BCUT2D eigenvalue weighted by Gasteiger charge is -2.23. The average Bonchev–Trinajstić information content (AvgIpc) is 2.88. The van der Waals surface area contributed by atoms with Gasteiger partial charge in [0.25, 0.3) is 0 Å². The van der Waals surface area contributed by atoms with Gasteiger partial charge in [-0.2, -0.15) is 9.57 Å². The molecule has 0 amide bonds. The van der Waals surface area contributed by atoms with Crippen LogP contribution in [0.25, 0.3) is 0 Å². The maximum absolute atomic E-state index is 12.9. The fraction of sp³-hybridized carbons (Fsp3) is 0.333. The van der Waals surface area contributed by atoms with Crippen LogP contribution in [0.15, 0.2) is 47.5 Å². The Labute approximate surface area is 148 Å². The quantitative estimate of drug-likeness (QED) is 0.842. The van der Waals surface area contributed by atoms with Crippen LogP contribution in [0, 0.1) is 18.3 Å². The maximum Gasteiger partial charge on any atom is 0.243 e. The molecule has 0 N–H and O–H groups in total. The molecule has 0 unspecified atom stereocenters. The Kier molecular flexibility index (Phi) is 5.02. The van der Waals surface area contributed by atoms with E-state index in [1.807, 2.05) is 24.0 Å². The van der Waals surface area contributed by atoms with Crippen LogP contribution in [0.4, 0.5) is 5.82 Å². The van der Waals surface area contributed by atoms with E-state index in [9.17, 15) is 13.7 Å². The van der Waals surface area contributed by atoms with Crippen LogP contribution in [0.3, 0.4) is 0 Å². The number of benzene rings is 1. The third-order valence-corrected chi connectivity index (χ3v) is 6.23. The number of sulfonamides is 1. The Bertz CT molecular complexity index is 888. The molecule has 0 saturated carbocycles. The van der Waals surface area contributed by atoms with Crippen molar-refractivity contribution in [2.24, 2.45) is 0 Å². The van der Waals surface area contributed by atoms with E-state index in [1.165, 1.54) is 4.31 Å². The molecule has 1 aromatic heterocycles. The smallest absolute Gasteiger partial charge is 0.243 e. The fourth-order valence-corrected chi connectivity index (χ4v) is 4.41. The highest BCUT2D eigenvalue weighted by Gasteiger charge is 2.27. The van der Waals surface area contributed by atoms with Gasteiger partial charge >= 0.3 is 0 Å². The lowest BCUT2D eigenvalue weighted by Crippen LogP contribution is -2.35. The van der Waals surface area contributed by atoms with Gasteiger partial charge in [0.2, 0.25) is 10.0 Å². The van der Waals surface area contributed by atoms with Crippen LogP contribution < -0.4 is 4.90 Å². The van der Waals surface area contributed by atoms with E-state index in [4.69, 9.17) is 0 Å². The topological polar surface area (TPSA) is 77.3 Å². The van der Waals surface area contributed by atoms with Gasteiger partial charge in [0.05, 0.1) is 10.5 Å². The average molecular weight is 356 g/mol. The molecule has 6 nitrogen and oxygen atoms in total. The summed E-state index contributed by atoms with van der Waals surface area (Å²) in [5.41, 5.74) is 1.54. The highest BCUT2D eigenvalue weighted by molar-refractivity contribution is 7.89. The van der Waals surface area contributed by atoms with Gasteiger partial charge in [0.15, 0.2) is 0 Å². The molecule has 1 saturated heterocycles. The van der Waals surface area contributed by atoms with Gasteiger partial charge in [-0.1, -0.05) is 17.7 Å². The van der Waals surface area contributed by atoms with Crippen molar-refractivity contribution in [3.63, 3.8) is 0 Å². The van der Waals surface area contributed by atoms with Crippen LogP contribution in [-0.4, -0.2) is 43.9 Å².